The van der Waals surface area contributed by atoms with Gasteiger partial charge in [0.05, 0.1) is 12.2 Å². The maximum Gasteiger partial charge on any atom is 0.219 e. The zero-order valence-corrected chi connectivity index (χ0v) is 18.7. The lowest BCUT2D eigenvalue weighted by molar-refractivity contribution is -0.129. The molecule has 0 bridgehead atoms. The minimum atomic E-state index is -0.284. The summed E-state index contributed by atoms with van der Waals surface area (Å²) in [5.41, 5.74) is 2.97. The van der Waals surface area contributed by atoms with Gasteiger partial charge in [-0.1, -0.05) is 5.16 Å². The molecular weight excluding hydrogens is 413 g/mol. The number of piperidine rings is 1. The van der Waals surface area contributed by atoms with Crippen LogP contribution in [0.5, 0.6) is 0 Å². The third-order valence-corrected chi connectivity index (χ3v) is 7.93. The highest BCUT2D eigenvalue weighted by molar-refractivity contribution is 7.12. The minimum Gasteiger partial charge on any atom is -0.356 e. The van der Waals surface area contributed by atoms with Gasteiger partial charge in [0.1, 0.15) is 5.82 Å². The lowest BCUT2D eigenvalue weighted by Crippen LogP contribution is -2.34. The molecule has 2 aliphatic heterocycles. The second-order valence-corrected chi connectivity index (χ2v) is 10.0. The molecule has 1 amide bonds. The molecule has 2 aliphatic rings. The first kappa shape index (κ1) is 20.6. The molecule has 5 nitrogen and oxygen atoms in total. The van der Waals surface area contributed by atoms with E-state index in [1.165, 1.54) is 27.5 Å². The Labute approximate surface area is 185 Å². The number of fused-ring (bicyclic) bond motifs is 2. The summed E-state index contributed by atoms with van der Waals surface area (Å²) in [5.74, 6) is 0.277. The predicted molar refractivity (Wildman–Crippen MR) is 120 cm³/mol. The average molecular weight is 442 g/mol. The molecule has 0 radical (unpaired) electrons. The molecule has 31 heavy (non-hydrogen) atoms. The molecule has 0 unspecified atom stereocenters. The highest BCUT2D eigenvalue weighted by atomic mass is 32.1. The molecular formula is C24H28FN3O2S. The lowest BCUT2D eigenvalue weighted by Gasteiger charge is -2.31. The van der Waals surface area contributed by atoms with Gasteiger partial charge in [0.2, 0.25) is 5.91 Å². The Hall–Kier alpha value is -2.25. The van der Waals surface area contributed by atoms with Crippen LogP contribution in [-0.2, 0) is 24.2 Å². The first-order valence-electron chi connectivity index (χ1n) is 11.2. The zero-order valence-electron chi connectivity index (χ0n) is 17.9. The number of benzene rings is 1. The van der Waals surface area contributed by atoms with Gasteiger partial charge in [0, 0.05) is 40.6 Å². The van der Waals surface area contributed by atoms with Crippen molar-refractivity contribution in [2.45, 2.75) is 51.5 Å². The average Bonchev–Trinajstić information content (AvgIpc) is 3.37. The van der Waals surface area contributed by atoms with Gasteiger partial charge in [0.15, 0.2) is 5.58 Å². The van der Waals surface area contributed by atoms with Crippen LogP contribution < -0.4 is 0 Å². The fourth-order valence-electron chi connectivity index (χ4n) is 4.91. The monoisotopic (exact) mass is 441 g/mol. The smallest absolute Gasteiger partial charge is 0.219 e. The largest absolute Gasteiger partial charge is 0.356 e. The molecule has 4 heterocycles. The van der Waals surface area contributed by atoms with Gasteiger partial charge in [-0.2, -0.15) is 0 Å². The quantitative estimate of drug-likeness (QED) is 0.574. The third kappa shape index (κ3) is 4.39. The van der Waals surface area contributed by atoms with Gasteiger partial charge in [-0.15, -0.1) is 11.3 Å². The lowest BCUT2D eigenvalue weighted by atomic mass is 9.91. The van der Waals surface area contributed by atoms with Crippen LogP contribution >= 0.6 is 11.3 Å². The van der Waals surface area contributed by atoms with Crippen molar-refractivity contribution in [2.24, 2.45) is 0 Å². The topological polar surface area (TPSA) is 49.6 Å². The van der Waals surface area contributed by atoms with Gasteiger partial charge in [0.25, 0.3) is 0 Å². The third-order valence-electron chi connectivity index (χ3n) is 6.71. The Morgan fingerprint density at radius 2 is 2.10 bits per heavy atom. The van der Waals surface area contributed by atoms with Crippen LogP contribution in [0.2, 0.25) is 0 Å². The van der Waals surface area contributed by atoms with Crippen LogP contribution in [0.25, 0.3) is 11.0 Å². The number of hydrogen-bond donors (Lipinski definition) is 0. The molecule has 0 atom stereocenters. The number of thiophene rings is 1. The Bertz CT molecular complexity index is 1080. The second kappa shape index (κ2) is 8.71. The van der Waals surface area contributed by atoms with E-state index in [0.717, 1.165) is 75.9 Å². The number of aryl methyl sites for hydroxylation is 1. The summed E-state index contributed by atoms with van der Waals surface area (Å²) in [6.07, 6.45) is 5.38. The Morgan fingerprint density at radius 3 is 2.90 bits per heavy atom. The van der Waals surface area contributed by atoms with Crippen molar-refractivity contribution < 1.29 is 13.7 Å². The summed E-state index contributed by atoms with van der Waals surface area (Å²) in [7, 11) is 0. The molecule has 164 valence electrons. The van der Waals surface area contributed by atoms with Crippen LogP contribution in [0.3, 0.4) is 0 Å². The van der Waals surface area contributed by atoms with E-state index in [1.807, 2.05) is 16.2 Å². The summed E-state index contributed by atoms with van der Waals surface area (Å²) in [4.78, 5) is 19.0. The molecule has 3 aromatic rings. The van der Waals surface area contributed by atoms with Crippen LogP contribution in [0.4, 0.5) is 4.39 Å². The van der Waals surface area contributed by atoms with Gasteiger partial charge >= 0.3 is 0 Å². The molecule has 1 fully saturated rings. The van der Waals surface area contributed by atoms with E-state index in [-0.39, 0.29) is 11.7 Å². The number of amides is 1. The number of aromatic nitrogens is 1. The summed E-state index contributed by atoms with van der Waals surface area (Å²) < 4.78 is 18.7. The Balaban J connectivity index is 1.11. The summed E-state index contributed by atoms with van der Waals surface area (Å²) >= 11 is 1.89. The molecule has 0 aliphatic carbocycles. The van der Waals surface area contributed by atoms with Crippen molar-refractivity contribution in [3.63, 3.8) is 0 Å². The number of hydrogen-bond acceptors (Lipinski definition) is 5. The maximum absolute atomic E-state index is 13.4. The minimum absolute atomic E-state index is 0.176. The Kier molecular flexibility index (Phi) is 5.80. The number of carbonyl (C=O) groups is 1. The number of nitrogens with zero attached hydrogens (tertiary/aromatic N) is 3. The number of halogens is 1. The van der Waals surface area contributed by atoms with Crippen molar-refractivity contribution in [2.75, 3.05) is 26.2 Å². The fraction of sp³-hybridized carbons (Fsp3) is 0.500. The molecule has 7 heteroatoms. The van der Waals surface area contributed by atoms with Gasteiger partial charge < -0.3 is 14.3 Å². The van der Waals surface area contributed by atoms with Gasteiger partial charge in [-0.05, 0) is 75.5 Å². The van der Waals surface area contributed by atoms with Crippen LogP contribution in [-0.4, -0.2) is 47.0 Å². The zero-order chi connectivity index (χ0) is 21.4. The van der Waals surface area contributed by atoms with E-state index >= 15 is 0 Å². The molecule has 1 saturated heterocycles. The standard InChI is InChI=1S/C24H28FN3O2S/c1-16(29)28-12-8-18-13-20(31-23(18)15-28)3-2-9-27-10-6-17(7-11-27)24-21-5-4-19(25)14-22(21)30-26-24/h4-5,13-14,17H,2-3,6-12,15H2,1H3. The fourth-order valence-corrected chi connectivity index (χ4v) is 6.18. The normalized spacial score (nSPS) is 17.9. The van der Waals surface area contributed by atoms with Crippen molar-refractivity contribution in [3.05, 3.63) is 51.1 Å². The van der Waals surface area contributed by atoms with Crippen molar-refractivity contribution >= 4 is 28.2 Å². The van der Waals surface area contributed by atoms with Gasteiger partial charge in [-0.3, -0.25) is 4.79 Å². The van der Waals surface area contributed by atoms with E-state index in [0.29, 0.717) is 11.5 Å². The molecule has 2 aromatic heterocycles. The highest BCUT2D eigenvalue weighted by Crippen LogP contribution is 2.33. The first-order valence-corrected chi connectivity index (χ1v) is 12.0. The SMILES string of the molecule is CC(=O)N1CCc2cc(CCCN3CCC(c4noc5cc(F)ccc45)CC3)sc2C1. The molecule has 0 saturated carbocycles. The number of carbonyl (C=O) groups excluding carboxylic acids is 1. The van der Waals surface area contributed by atoms with E-state index in [2.05, 4.69) is 16.1 Å². The van der Waals surface area contributed by atoms with E-state index in [4.69, 9.17) is 4.52 Å². The molecule has 0 spiro atoms. The van der Waals surface area contributed by atoms with E-state index in [1.54, 1.807) is 13.0 Å². The summed E-state index contributed by atoms with van der Waals surface area (Å²) in [6, 6.07) is 7.06. The Morgan fingerprint density at radius 1 is 1.26 bits per heavy atom. The number of likely N-dealkylation sites (tertiary alicyclic amines) is 1. The molecule has 1 aromatic carbocycles. The first-order chi connectivity index (χ1) is 15.1. The van der Waals surface area contributed by atoms with Crippen molar-refractivity contribution in [3.8, 4) is 0 Å². The van der Waals surface area contributed by atoms with Crippen LogP contribution in [0, 0.1) is 5.82 Å². The molecule has 0 N–H and O–H groups in total. The highest BCUT2D eigenvalue weighted by Gasteiger charge is 2.25. The van der Waals surface area contributed by atoms with Crippen LogP contribution in [0.15, 0.2) is 28.8 Å². The van der Waals surface area contributed by atoms with Crippen molar-refractivity contribution in [1.29, 1.82) is 0 Å². The molecule has 5 rings (SSSR count). The summed E-state index contributed by atoms with van der Waals surface area (Å²) in [5, 5.41) is 5.20. The maximum atomic E-state index is 13.4. The van der Waals surface area contributed by atoms with Gasteiger partial charge in [-0.25, -0.2) is 4.39 Å². The van der Waals surface area contributed by atoms with E-state index < -0.39 is 0 Å². The van der Waals surface area contributed by atoms with E-state index in [9.17, 15) is 9.18 Å². The second-order valence-electron chi connectivity index (χ2n) is 8.78. The number of rotatable bonds is 5. The predicted octanol–water partition coefficient (Wildman–Crippen LogP) is 4.75. The van der Waals surface area contributed by atoms with Crippen molar-refractivity contribution in [1.82, 2.24) is 15.0 Å². The summed E-state index contributed by atoms with van der Waals surface area (Å²) in [6.45, 7) is 6.53. The van der Waals surface area contributed by atoms with Crippen LogP contribution in [0.1, 0.15) is 53.1 Å².